The monoisotopic (exact) mass is 1020 g/mol. The molecule has 0 aromatic heterocycles. The van der Waals surface area contributed by atoms with Crippen molar-refractivity contribution in [1.82, 2.24) is 0 Å². The van der Waals surface area contributed by atoms with E-state index in [1.54, 1.807) is 113 Å². The Morgan fingerprint density at radius 1 is 0.554 bits per heavy atom. The normalized spacial score (nSPS) is 41.3. The molecule has 16 heteroatoms. The zero-order valence-corrected chi connectivity index (χ0v) is 43.5. The first kappa shape index (κ1) is 53.2. The van der Waals surface area contributed by atoms with Gasteiger partial charge in [-0.1, -0.05) is 102 Å². The van der Waals surface area contributed by atoms with Gasteiger partial charge in [-0.05, 0) is 60.4 Å². The Morgan fingerprint density at radius 3 is 1.31 bits per heavy atom. The molecule has 8 aliphatic carbocycles. The van der Waals surface area contributed by atoms with Crippen molar-refractivity contribution in [2.75, 3.05) is 13.2 Å². The van der Waals surface area contributed by atoms with Crippen LogP contribution in [0, 0.1) is 58.2 Å². The second kappa shape index (κ2) is 17.5. The van der Waals surface area contributed by atoms with Crippen molar-refractivity contribution < 1.29 is 78.4 Å². The summed E-state index contributed by atoms with van der Waals surface area (Å²) in [7, 11) is 0. The highest BCUT2D eigenvalue weighted by molar-refractivity contribution is 6.05. The quantitative estimate of drug-likeness (QED) is 0.119. The van der Waals surface area contributed by atoms with Gasteiger partial charge in [0.05, 0.1) is 35.5 Å². The number of carbonyl (C=O) groups is 6. The minimum atomic E-state index is -1.98. The molecular formula is C58H68O16. The molecule has 0 heterocycles. The lowest BCUT2D eigenvalue weighted by molar-refractivity contribution is -0.227. The van der Waals surface area contributed by atoms with Crippen molar-refractivity contribution in [3.63, 3.8) is 0 Å². The predicted octanol–water partition coefficient (Wildman–Crippen LogP) is 4.73. The zero-order valence-electron chi connectivity index (χ0n) is 43.5. The van der Waals surface area contributed by atoms with Gasteiger partial charge < -0.3 is 49.6 Å². The van der Waals surface area contributed by atoms with Crippen LogP contribution in [0.5, 0.6) is 0 Å². The summed E-state index contributed by atoms with van der Waals surface area (Å²) in [6.07, 6.45) is 4.30. The molecule has 396 valence electrons. The Hall–Kier alpha value is -5.62. The molecule has 16 atom stereocenters. The molecule has 2 aromatic rings. The maximum atomic E-state index is 13.6. The Kier molecular flexibility index (Phi) is 12.6. The fourth-order valence-electron chi connectivity index (χ4n) is 15.6. The van der Waals surface area contributed by atoms with E-state index in [2.05, 4.69) is 0 Å². The average Bonchev–Trinajstić information content (AvgIpc) is 3.99. The number of Topliss-reactive ketones (excluding diaryl/α,β-unsaturated/α-hetero) is 2. The Labute approximate surface area is 430 Å². The number of ether oxygens (including phenoxy) is 4. The molecule has 0 radical (unpaired) electrons. The Balaban J connectivity index is 0.000000189. The van der Waals surface area contributed by atoms with Gasteiger partial charge in [0.25, 0.3) is 0 Å². The molecule has 0 saturated heterocycles. The zero-order chi connectivity index (χ0) is 54.3. The Morgan fingerprint density at radius 2 is 0.932 bits per heavy atom. The van der Waals surface area contributed by atoms with Crippen molar-refractivity contribution in [2.24, 2.45) is 58.2 Å². The summed E-state index contributed by atoms with van der Waals surface area (Å²) < 4.78 is 24.2. The number of carbonyl (C=O) groups excluding carboxylic acids is 6. The smallest absolute Gasteiger partial charge is 0.338 e. The van der Waals surface area contributed by atoms with E-state index in [9.17, 15) is 59.4 Å². The van der Waals surface area contributed by atoms with Gasteiger partial charge in [-0.15, -0.1) is 0 Å². The summed E-state index contributed by atoms with van der Waals surface area (Å²) in [5, 5.41) is 69.0. The number of fused-ring (bicyclic) bond motifs is 10. The van der Waals surface area contributed by atoms with E-state index >= 15 is 0 Å². The molecular weight excluding hydrogens is 953 g/mol. The van der Waals surface area contributed by atoms with E-state index in [1.807, 2.05) is 27.7 Å². The van der Waals surface area contributed by atoms with Gasteiger partial charge in [0.2, 0.25) is 0 Å². The van der Waals surface area contributed by atoms with Crippen LogP contribution in [0.25, 0.3) is 0 Å². The first-order valence-electron chi connectivity index (χ1n) is 25.4. The lowest BCUT2D eigenvalue weighted by Crippen LogP contribution is -2.66. The van der Waals surface area contributed by atoms with Crippen LogP contribution in [0.15, 0.2) is 107 Å². The molecule has 74 heavy (non-hydrogen) atoms. The van der Waals surface area contributed by atoms with Gasteiger partial charge in [-0.25, -0.2) is 9.59 Å². The highest BCUT2D eigenvalue weighted by Gasteiger charge is 2.89. The fourth-order valence-corrected chi connectivity index (χ4v) is 15.6. The summed E-state index contributed by atoms with van der Waals surface area (Å²) in [6, 6.07) is 17.0. The van der Waals surface area contributed by atoms with Crippen LogP contribution in [0.4, 0.5) is 0 Å². The van der Waals surface area contributed by atoms with E-state index < -0.39 is 146 Å². The maximum Gasteiger partial charge on any atom is 0.338 e. The van der Waals surface area contributed by atoms with Gasteiger partial charge in [0.15, 0.2) is 22.8 Å². The molecule has 0 amide bonds. The number of esters is 4. The number of aliphatic hydroxyl groups is 6. The highest BCUT2D eigenvalue weighted by Crippen LogP contribution is 2.79. The van der Waals surface area contributed by atoms with E-state index in [0.717, 1.165) is 0 Å². The predicted molar refractivity (Wildman–Crippen MR) is 264 cm³/mol. The standard InChI is InChI=1S/C34H36O8.C24H32O8/c1-19-15-25-32(39,27(19)36)17-21(18-35)16-24-26-31(3,4)34(26,42-30(38)23-13-9-6-10-14-23)28(20(2)33(24,25)40)41-29(37)22-11-7-5-8-12-22;1-11-7-17-22(29,19(11)28)9-15(10-25)8-16-18-21(5,6)24(18,32-14(4)27)20(31-13(3)26)12(2)23(16,17)30/h5-16,20,24-26,28,35,39-40H,17-18H2,1-4H3;7-8,12,16-18,20,25,29-30H,9-10H2,1-6H3/t20-,24+,25-,26+,28-,32-,33-,34-;12-,16+,17-,18-,20-,22-,23-,24-/m11/s1. The topological polar surface area (TPSA) is 261 Å². The van der Waals surface area contributed by atoms with E-state index in [0.29, 0.717) is 33.4 Å². The van der Waals surface area contributed by atoms with E-state index in [-0.39, 0.29) is 19.4 Å². The third-order valence-electron chi connectivity index (χ3n) is 19.0. The molecule has 6 N–H and O–H groups in total. The summed E-state index contributed by atoms with van der Waals surface area (Å²) in [5.74, 6) is -9.49. The van der Waals surface area contributed by atoms with Crippen LogP contribution in [-0.2, 0) is 38.1 Å². The second-order valence-corrected chi connectivity index (χ2v) is 23.4. The SMILES string of the molecule is CC(=O)O[C@@H]1[C@@H](C)[C@@]2(O)[C@@H](C=C(CO)C[C@]3(O)C(=O)C(C)=C[C@@H]23)[C@@H]2C(C)(C)[C@]12OC(C)=O.CC1=C[C@H]2[C@@]3(O)[C@H](C)[C@@H](OC(=O)c4ccccc4)[C@]4(OC(=O)c5ccccc5)[C@@H]([C@@H]3C=C(CO)C[C@]2(O)C1=O)C4(C)C. The molecule has 4 saturated carbocycles. The summed E-state index contributed by atoms with van der Waals surface area (Å²) >= 11 is 0. The van der Waals surface area contributed by atoms with Crippen LogP contribution in [0.2, 0.25) is 0 Å². The molecule has 10 rings (SSSR count). The largest absolute Gasteiger partial charge is 0.458 e. The number of rotatable bonds is 8. The minimum Gasteiger partial charge on any atom is -0.458 e. The summed E-state index contributed by atoms with van der Waals surface area (Å²) in [4.78, 5) is 77.7. The molecule has 0 aliphatic heterocycles. The third-order valence-corrected chi connectivity index (χ3v) is 19.0. The maximum absolute atomic E-state index is 13.6. The number of ketones is 2. The average molecular weight is 1020 g/mol. The van der Waals surface area contributed by atoms with Crippen LogP contribution < -0.4 is 0 Å². The lowest BCUT2D eigenvalue weighted by Gasteiger charge is -2.53. The van der Waals surface area contributed by atoms with Gasteiger partial charge in [-0.3, -0.25) is 19.2 Å². The van der Waals surface area contributed by atoms with Crippen molar-refractivity contribution >= 4 is 35.4 Å². The lowest BCUT2D eigenvalue weighted by atomic mass is 9.59. The summed E-state index contributed by atoms with van der Waals surface area (Å²) in [5.41, 5.74) is -9.25. The van der Waals surface area contributed by atoms with Gasteiger partial charge in [0, 0.05) is 84.9 Å². The number of aliphatic hydroxyl groups excluding tert-OH is 2. The van der Waals surface area contributed by atoms with Gasteiger partial charge >= 0.3 is 23.9 Å². The van der Waals surface area contributed by atoms with E-state index in [1.165, 1.54) is 13.8 Å². The van der Waals surface area contributed by atoms with Crippen LogP contribution in [0.3, 0.4) is 0 Å². The molecule has 4 fully saturated rings. The van der Waals surface area contributed by atoms with Crippen LogP contribution in [-0.4, -0.2) is 125 Å². The number of hydrogen-bond acceptors (Lipinski definition) is 16. The van der Waals surface area contributed by atoms with Crippen molar-refractivity contribution in [2.45, 2.75) is 128 Å². The fraction of sp³-hybridized carbons (Fsp3) is 0.552. The van der Waals surface area contributed by atoms with Gasteiger partial charge in [-0.2, -0.15) is 0 Å². The molecule has 16 nitrogen and oxygen atoms in total. The molecule has 8 aliphatic rings. The highest BCUT2D eigenvalue weighted by atomic mass is 16.6. The minimum absolute atomic E-state index is 0.113. The first-order chi connectivity index (χ1) is 34.5. The van der Waals surface area contributed by atoms with Crippen molar-refractivity contribution in [3.8, 4) is 0 Å². The molecule has 2 aromatic carbocycles. The van der Waals surface area contributed by atoms with Crippen molar-refractivity contribution in [1.29, 1.82) is 0 Å². The van der Waals surface area contributed by atoms with Crippen molar-refractivity contribution in [3.05, 3.63) is 118 Å². The third kappa shape index (κ3) is 7.07. The Bertz CT molecular complexity index is 2850. The van der Waals surface area contributed by atoms with Gasteiger partial charge in [0.1, 0.15) is 23.4 Å². The van der Waals surface area contributed by atoms with Crippen LogP contribution in [0.1, 0.15) is 103 Å². The summed E-state index contributed by atoms with van der Waals surface area (Å²) in [6.45, 7) is 15.9. The number of hydrogen-bond donors (Lipinski definition) is 6. The molecule has 0 spiro atoms. The van der Waals surface area contributed by atoms with E-state index in [4.69, 9.17) is 18.9 Å². The second-order valence-electron chi connectivity index (χ2n) is 23.4. The molecule has 0 unspecified atom stereocenters. The number of benzene rings is 2. The first-order valence-corrected chi connectivity index (χ1v) is 25.4. The molecule has 0 bridgehead atoms. The van der Waals surface area contributed by atoms with Crippen LogP contribution >= 0.6 is 0 Å².